The molecule has 2 rings (SSSR count). The zero-order chi connectivity index (χ0) is 14.2. The Morgan fingerprint density at radius 3 is 2.70 bits per heavy atom. The summed E-state index contributed by atoms with van der Waals surface area (Å²) in [6.07, 6.45) is 4.49. The predicted molar refractivity (Wildman–Crippen MR) is 78.7 cm³/mol. The lowest BCUT2D eigenvalue weighted by molar-refractivity contribution is -0.121. The van der Waals surface area contributed by atoms with Crippen LogP contribution in [0.3, 0.4) is 0 Å². The van der Waals surface area contributed by atoms with Crippen molar-refractivity contribution in [1.29, 1.82) is 0 Å². The van der Waals surface area contributed by atoms with Crippen LogP contribution in [-0.4, -0.2) is 10.9 Å². The maximum atomic E-state index is 11.8. The van der Waals surface area contributed by atoms with E-state index in [1.54, 1.807) is 12.4 Å². The van der Waals surface area contributed by atoms with Crippen molar-refractivity contribution < 1.29 is 4.79 Å². The number of rotatable bonds is 6. The van der Waals surface area contributed by atoms with Gasteiger partial charge in [0.15, 0.2) is 0 Å². The van der Waals surface area contributed by atoms with Crippen LogP contribution in [0.5, 0.6) is 0 Å². The van der Waals surface area contributed by atoms with E-state index in [4.69, 9.17) is 5.73 Å². The molecule has 1 unspecified atom stereocenters. The number of nitrogens with two attached hydrogens (primary N) is 1. The van der Waals surface area contributed by atoms with Crippen molar-refractivity contribution in [2.75, 3.05) is 0 Å². The fraction of sp³-hybridized carbons (Fsp3) is 0.250. The average Bonchev–Trinajstić information content (AvgIpc) is 2.52. The second-order valence-corrected chi connectivity index (χ2v) is 4.69. The maximum Gasteiger partial charge on any atom is 0.220 e. The third-order valence-corrected chi connectivity index (χ3v) is 3.13. The first kappa shape index (κ1) is 14.2. The molecule has 1 atom stereocenters. The largest absolute Gasteiger partial charge is 0.352 e. The van der Waals surface area contributed by atoms with Crippen LogP contribution in [0.2, 0.25) is 0 Å². The average molecular weight is 269 g/mol. The summed E-state index contributed by atoms with van der Waals surface area (Å²) in [5, 5.41) is 2.90. The first-order valence-corrected chi connectivity index (χ1v) is 6.72. The molecule has 104 valence electrons. The molecule has 0 saturated carbocycles. The van der Waals surface area contributed by atoms with Gasteiger partial charge in [0.05, 0.1) is 0 Å². The Morgan fingerprint density at radius 2 is 2.00 bits per heavy atom. The van der Waals surface area contributed by atoms with Gasteiger partial charge in [-0.1, -0.05) is 36.4 Å². The van der Waals surface area contributed by atoms with E-state index in [0.717, 1.165) is 11.1 Å². The maximum absolute atomic E-state index is 11.8. The van der Waals surface area contributed by atoms with Gasteiger partial charge in [-0.05, 0) is 23.6 Å². The van der Waals surface area contributed by atoms with E-state index in [1.165, 1.54) is 0 Å². The van der Waals surface area contributed by atoms with Gasteiger partial charge in [0.25, 0.3) is 0 Å². The SMILES string of the molecule is NC(CCC(=O)NCc1ccccc1)c1cccnc1. The summed E-state index contributed by atoms with van der Waals surface area (Å²) in [4.78, 5) is 15.8. The summed E-state index contributed by atoms with van der Waals surface area (Å²) in [7, 11) is 0. The number of benzene rings is 1. The molecule has 0 aliphatic carbocycles. The molecule has 4 heteroatoms. The summed E-state index contributed by atoms with van der Waals surface area (Å²) in [6, 6.07) is 13.5. The van der Waals surface area contributed by atoms with Crippen molar-refractivity contribution in [2.24, 2.45) is 5.73 Å². The van der Waals surface area contributed by atoms with Crippen molar-refractivity contribution in [1.82, 2.24) is 10.3 Å². The number of hydrogen-bond acceptors (Lipinski definition) is 3. The van der Waals surface area contributed by atoms with E-state index in [-0.39, 0.29) is 11.9 Å². The summed E-state index contributed by atoms with van der Waals surface area (Å²) in [5.41, 5.74) is 8.09. The van der Waals surface area contributed by atoms with Crippen LogP contribution in [0, 0.1) is 0 Å². The zero-order valence-electron chi connectivity index (χ0n) is 11.3. The molecule has 0 aliphatic heterocycles. The van der Waals surface area contributed by atoms with Crippen molar-refractivity contribution in [3.63, 3.8) is 0 Å². The molecular formula is C16H19N3O. The summed E-state index contributed by atoms with van der Waals surface area (Å²) >= 11 is 0. The molecule has 1 heterocycles. The van der Waals surface area contributed by atoms with E-state index >= 15 is 0 Å². The Labute approximate surface area is 119 Å². The summed E-state index contributed by atoms with van der Waals surface area (Å²) in [5.74, 6) is 0.0215. The van der Waals surface area contributed by atoms with E-state index in [2.05, 4.69) is 10.3 Å². The Morgan fingerprint density at radius 1 is 1.20 bits per heavy atom. The van der Waals surface area contributed by atoms with Gasteiger partial charge in [-0.2, -0.15) is 0 Å². The van der Waals surface area contributed by atoms with Crippen LogP contribution in [0.1, 0.15) is 30.0 Å². The molecule has 0 radical (unpaired) electrons. The van der Waals surface area contributed by atoms with E-state index in [9.17, 15) is 4.79 Å². The van der Waals surface area contributed by atoms with Gasteiger partial charge in [-0.15, -0.1) is 0 Å². The molecule has 4 nitrogen and oxygen atoms in total. The second-order valence-electron chi connectivity index (χ2n) is 4.69. The zero-order valence-corrected chi connectivity index (χ0v) is 11.3. The highest BCUT2D eigenvalue weighted by Gasteiger charge is 2.09. The van der Waals surface area contributed by atoms with Gasteiger partial charge in [-0.25, -0.2) is 0 Å². The lowest BCUT2D eigenvalue weighted by Crippen LogP contribution is -2.24. The van der Waals surface area contributed by atoms with E-state index in [0.29, 0.717) is 19.4 Å². The first-order valence-electron chi connectivity index (χ1n) is 6.72. The minimum Gasteiger partial charge on any atom is -0.352 e. The van der Waals surface area contributed by atoms with Gasteiger partial charge < -0.3 is 11.1 Å². The molecule has 3 N–H and O–H groups in total. The molecule has 0 saturated heterocycles. The van der Waals surface area contributed by atoms with Gasteiger partial charge >= 0.3 is 0 Å². The predicted octanol–water partition coefficient (Wildman–Crippen LogP) is 2.18. The number of hydrogen-bond donors (Lipinski definition) is 2. The number of nitrogens with one attached hydrogen (secondary N) is 1. The fourth-order valence-corrected chi connectivity index (χ4v) is 1.93. The summed E-state index contributed by atoms with van der Waals surface area (Å²) < 4.78 is 0. The van der Waals surface area contributed by atoms with E-state index in [1.807, 2.05) is 42.5 Å². The third-order valence-electron chi connectivity index (χ3n) is 3.13. The smallest absolute Gasteiger partial charge is 0.220 e. The standard InChI is InChI=1S/C16H19N3O/c17-15(14-7-4-10-18-12-14)8-9-16(20)19-11-13-5-2-1-3-6-13/h1-7,10,12,15H,8-9,11,17H2,(H,19,20). The topological polar surface area (TPSA) is 68.0 Å². The molecular weight excluding hydrogens is 250 g/mol. The quantitative estimate of drug-likeness (QED) is 0.844. The number of nitrogens with zero attached hydrogens (tertiary/aromatic N) is 1. The molecule has 2 aromatic rings. The molecule has 0 bridgehead atoms. The number of carbonyl (C=O) groups is 1. The van der Waals surface area contributed by atoms with Crippen molar-refractivity contribution in [2.45, 2.75) is 25.4 Å². The molecule has 1 amide bonds. The molecule has 0 fully saturated rings. The highest BCUT2D eigenvalue weighted by molar-refractivity contribution is 5.75. The number of pyridine rings is 1. The van der Waals surface area contributed by atoms with Gasteiger partial charge in [0.2, 0.25) is 5.91 Å². The van der Waals surface area contributed by atoms with Crippen LogP contribution in [0.4, 0.5) is 0 Å². The molecule has 0 spiro atoms. The Hall–Kier alpha value is -2.20. The van der Waals surface area contributed by atoms with Crippen molar-refractivity contribution >= 4 is 5.91 Å². The molecule has 1 aromatic heterocycles. The summed E-state index contributed by atoms with van der Waals surface area (Å²) in [6.45, 7) is 0.557. The number of carbonyl (C=O) groups excluding carboxylic acids is 1. The van der Waals surface area contributed by atoms with Gasteiger partial charge in [-0.3, -0.25) is 9.78 Å². The molecule has 20 heavy (non-hydrogen) atoms. The molecule has 0 aliphatic rings. The van der Waals surface area contributed by atoms with Crippen LogP contribution in [0.15, 0.2) is 54.9 Å². The Kier molecular flexibility index (Phi) is 5.26. The minimum atomic E-state index is -0.147. The Balaban J connectivity index is 1.73. The van der Waals surface area contributed by atoms with E-state index < -0.39 is 0 Å². The van der Waals surface area contributed by atoms with Crippen LogP contribution in [-0.2, 0) is 11.3 Å². The van der Waals surface area contributed by atoms with Crippen LogP contribution < -0.4 is 11.1 Å². The first-order chi connectivity index (χ1) is 9.75. The van der Waals surface area contributed by atoms with Crippen molar-refractivity contribution in [3.8, 4) is 0 Å². The van der Waals surface area contributed by atoms with Gasteiger partial charge in [0, 0.05) is 31.4 Å². The lowest BCUT2D eigenvalue weighted by Gasteiger charge is -2.11. The lowest BCUT2D eigenvalue weighted by atomic mass is 10.0. The van der Waals surface area contributed by atoms with Gasteiger partial charge in [0.1, 0.15) is 0 Å². The Bertz CT molecular complexity index is 528. The minimum absolute atomic E-state index is 0.0215. The second kappa shape index (κ2) is 7.40. The normalized spacial score (nSPS) is 11.8. The third kappa shape index (κ3) is 4.48. The fourth-order valence-electron chi connectivity index (χ4n) is 1.93. The van der Waals surface area contributed by atoms with Crippen molar-refractivity contribution in [3.05, 3.63) is 66.0 Å². The van der Waals surface area contributed by atoms with Crippen LogP contribution in [0.25, 0.3) is 0 Å². The monoisotopic (exact) mass is 269 g/mol. The van der Waals surface area contributed by atoms with Crippen LogP contribution >= 0.6 is 0 Å². The number of aromatic nitrogens is 1. The number of amides is 1. The highest BCUT2D eigenvalue weighted by Crippen LogP contribution is 2.13. The molecule has 1 aromatic carbocycles. The highest BCUT2D eigenvalue weighted by atomic mass is 16.1.